The first kappa shape index (κ1) is 19.7. The van der Waals surface area contributed by atoms with E-state index in [2.05, 4.69) is 33.9 Å². The number of aliphatic hydroxyl groups is 1. The Morgan fingerprint density at radius 1 is 1.09 bits per heavy atom. The number of carbonyl (C=O) groups is 1. The summed E-state index contributed by atoms with van der Waals surface area (Å²) in [7, 11) is -0.561. The number of methoxy groups -OCH3 is 1. The summed E-state index contributed by atoms with van der Waals surface area (Å²) in [5, 5.41) is 10.6. The third-order valence-corrected chi connectivity index (χ3v) is 9.13. The number of benzene rings is 1. The first-order valence-electron chi connectivity index (χ1n) is 7.88. The molecule has 4 nitrogen and oxygen atoms in total. The van der Waals surface area contributed by atoms with E-state index in [-0.39, 0.29) is 5.04 Å². The highest BCUT2D eigenvalue weighted by Gasteiger charge is 2.40. The van der Waals surface area contributed by atoms with Crippen LogP contribution in [0.5, 0.6) is 5.75 Å². The second-order valence-corrected chi connectivity index (χ2v) is 12.8. The number of hydrogen-bond acceptors (Lipinski definition) is 4. The van der Waals surface area contributed by atoms with E-state index in [1.165, 1.54) is 7.11 Å². The van der Waals surface area contributed by atoms with Crippen molar-refractivity contribution < 1.29 is 19.1 Å². The van der Waals surface area contributed by atoms with Gasteiger partial charge in [0.1, 0.15) is 5.75 Å². The van der Waals surface area contributed by atoms with Crippen molar-refractivity contribution in [2.45, 2.75) is 58.9 Å². The first-order chi connectivity index (χ1) is 10.3. The van der Waals surface area contributed by atoms with Gasteiger partial charge in [0.2, 0.25) is 8.32 Å². The van der Waals surface area contributed by atoms with Crippen LogP contribution in [0.25, 0.3) is 0 Å². The Morgan fingerprint density at radius 3 is 1.96 bits per heavy atom. The van der Waals surface area contributed by atoms with E-state index < -0.39 is 25.8 Å². The summed E-state index contributed by atoms with van der Waals surface area (Å²) in [4.78, 5) is 11.8. The summed E-state index contributed by atoms with van der Waals surface area (Å²) in [6.45, 7) is 14.3. The maximum absolute atomic E-state index is 11.8. The van der Waals surface area contributed by atoms with Crippen LogP contribution in [0.2, 0.25) is 18.1 Å². The molecule has 1 aromatic carbocycles. The Hall–Kier alpha value is -1.33. The van der Waals surface area contributed by atoms with Crippen molar-refractivity contribution in [3.05, 3.63) is 29.8 Å². The van der Waals surface area contributed by atoms with Gasteiger partial charge in [0.05, 0.1) is 18.6 Å². The van der Waals surface area contributed by atoms with Crippen molar-refractivity contribution in [1.29, 1.82) is 0 Å². The fourth-order valence-electron chi connectivity index (χ4n) is 1.96. The fraction of sp³-hybridized carbons (Fsp3) is 0.611. The van der Waals surface area contributed by atoms with Gasteiger partial charge in [-0.05, 0) is 49.7 Å². The van der Waals surface area contributed by atoms with Crippen LogP contribution in [0.15, 0.2) is 24.3 Å². The second kappa shape index (κ2) is 6.65. The number of carbonyl (C=O) groups excluding carboxylic acids is 1. The van der Waals surface area contributed by atoms with E-state index >= 15 is 0 Å². The normalized spacial score (nSPS) is 14.3. The van der Waals surface area contributed by atoms with Gasteiger partial charge in [-0.25, -0.2) is 0 Å². The summed E-state index contributed by atoms with van der Waals surface area (Å²) in [6.07, 6.45) is -0.933. The minimum Gasteiger partial charge on any atom is -0.544 e. The van der Waals surface area contributed by atoms with Crippen LogP contribution in [-0.2, 0) is 9.53 Å². The van der Waals surface area contributed by atoms with E-state index in [0.717, 1.165) is 5.75 Å². The minimum atomic E-state index is -1.89. The lowest BCUT2D eigenvalue weighted by Gasteiger charge is -2.36. The van der Waals surface area contributed by atoms with Crippen molar-refractivity contribution in [1.82, 2.24) is 0 Å². The Balaban J connectivity index is 2.95. The quantitative estimate of drug-likeness (QED) is 0.642. The van der Waals surface area contributed by atoms with Gasteiger partial charge in [-0.15, -0.1) is 0 Å². The molecule has 1 rings (SSSR count). The van der Waals surface area contributed by atoms with Crippen LogP contribution in [0.4, 0.5) is 0 Å². The van der Waals surface area contributed by atoms with Gasteiger partial charge in [0.25, 0.3) is 0 Å². The molecule has 0 saturated carbocycles. The number of esters is 1. The van der Waals surface area contributed by atoms with Crippen LogP contribution in [-0.4, -0.2) is 26.5 Å². The molecule has 23 heavy (non-hydrogen) atoms. The Kier molecular flexibility index (Phi) is 5.70. The number of ether oxygens (including phenoxy) is 1. The van der Waals surface area contributed by atoms with E-state index in [0.29, 0.717) is 5.56 Å². The molecular formula is C18H30O4Si. The monoisotopic (exact) mass is 338 g/mol. The Labute approximate surface area is 140 Å². The molecule has 0 spiro atoms. The van der Waals surface area contributed by atoms with Gasteiger partial charge < -0.3 is 14.3 Å². The number of rotatable bonds is 5. The summed E-state index contributed by atoms with van der Waals surface area (Å²) < 4.78 is 11.0. The highest BCUT2D eigenvalue weighted by molar-refractivity contribution is 6.74. The van der Waals surface area contributed by atoms with Crippen LogP contribution in [0.3, 0.4) is 0 Å². The Bertz CT molecular complexity index is 541. The van der Waals surface area contributed by atoms with Crippen LogP contribution < -0.4 is 4.43 Å². The topological polar surface area (TPSA) is 55.8 Å². The Morgan fingerprint density at radius 2 is 1.57 bits per heavy atom. The third kappa shape index (κ3) is 4.35. The van der Waals surface area contributed by atoms with Gasteiger partial charge >= 0.3 is 5.97 Å². The predicted molar refractivity (Wildman–Crippen MR) is 95.0 cm³/mol. The van der Waals surface area contributed by atoms with Crippen LogP contribution >= 0.6 is 0 Å². The molecule has 0 amide bonds. The molecule has 0 saturated heterocycles. The third-order valence-electron chi connectivity index (χ3n) is 4.77. The molecular weight excluding hydrogens is 308 g/mol. The van der Waals surface area contributed by atoms with E-state index in [9.17, 15) is 9.90 Å². The maximum Gasteiger partial charge on any atom is 0.314 e. The molecule has 5 heteroatoms. The summed E-state index contributed by atoms with van der Waals surface area (Å²) in [5.41, 5.74) is -0.334. The lowest BCUT2D eigenvalue weighted by molar-refractivity contribution is -0.157. The molecule has 0 aliphatic heterocycles. The predicted octanol–water partition coefficient (Wildman–Crippen LogP) is 4.30. The maximum atomic E-state index is 11.8. The van der Waals surface area contributed by atoms with Crippen LogP contribution in [0, 0.1) is 5.41 Å². The number of aliphatic hydroxyl groups excluding tert-OH is 1. The van der Waals surface area contributed by atoms with Gasteiger partial charge in [-0.3, -0.25) is 4.79 Å². The van der Waals surface area contributed by atoms with E-state index in [4.69, 9.17) is 9.16 Å². The lowest BCUT2D eigenvalue weighted by atomic mass is 9.83. The van der Waals surface area contributed by atoms with Crippen molar-refractivity contribution >= 4 is 14.3 Å². The fourth-order valence-corrected chi connectivity index (χ4v) is 2.99. The van der Waals surface area contributed by atoms with E-state index in [1.807, 2.05) is 12.1 Å². The molecule has 1 N–H and O–H groups in total. The second-order valence-electron chi connectivity index (χ2n) is 8.05. The molecule has 0 heterocycles. The zero-order valence-electron chi connectivity index (χ0n) is 15.6. The van der Waals surface area contributed by atoms with Crippen molar-refractivity contribution in [3.8, 4) is 5.75 Å². The molecule has 0 bridgehead atoms. The van der Waals surface area contributed by atoms with Gasteiger partial charge in [0.15, 0.2) is 0 Å². The molecule has 1 aromatic rings. The highest BCUT2D eigenvalue weighted by Crippen LogP contribution is 2.38. The van der Waals surface area contributed by atoms with Crippen molar-refractivity contribution in [3.63, 3.8) is 0 Å². The molecule has 130 valence electrons. The van der Waals surface area contributed by atoms with Gasteiger partial charge in [-0.1, -0.05) is 32.9 Å². The smallest absolute Gasteiger partial charge is 0.314 e. The lowest BCUT2D eigenvalue weighted by Crippen LogP contribution is -2.43. The zero-order valence-corrected chi connectivity index (χ0v) is 16.6. The molecule has 0 radical (unpaired) electrons. The first-order valence-corrected chi connectivity index (χ1v) is 10.8. The average Bonchev–Trinajstić information content (AvgIpc) is 2.44. The summed E-state index contributed by atoms with van der Waals surface area (Å²) in [5.74, 6) is 0.356. The molecule has 0 aliphatic carbocycles. The van der Waals surface area contributed by atoms with Gasteiger partial charge in [-0.2, -0.15) is 0 Å². The molecule has 0 fully saturated rings. The largest absolute Gasteiger partial charge is 0.544 e. The van der Waals surface area contributed by atoms with Gasteiger partial charge in [0, 0.05) is 0 Å². The summed E-state index contributed by atoms with van der Waals surface area (Å²) in [6, 6.07) is 7.31. The van der Waals surface area contributed by atoms with Crippen molar-refractivity contribution in [2.24, 2.45) is 5.41 Å². The molecule has 1 atom stereocenters. The molecule has 0 aliphatic rings. The SMILES string of the molecule is COC(=O)C(C)(C)C(O)c1ccc(O[Si](C)(C)C(C)(C)C)cc1. The standard InChI is InChI=1S/C18H30O4Si/c1-17(2,3)23(7,8)22-14-11-9-13(10-12-14)15(19)18(4,5)16(20)21-6/h9-12,15,19H,1-8H3. The minimum absolute atomic E-state index is 0.123. The highest BCUT2D eigenvalue weighted by atomic mass is 28.4. The zero-order chi connectivity index (χ0) is 18.1. The molecule has 0 aromatic heterocycles. The molecule has 1 unspecified atom stereocenters. The average molecular weight is 339 g/mol. The van der Waals surface area contributed by atoms with Crippen molar-refractivity contribution in [2.75, 3.05) is 7.11 Å². The number of hydrogen-bond donors (Lipinski definition) is 1. The van der Waals surface area contributed by atoms with E-state index in [1.54, 1.807) is 26.0 Å². The van der Waals surface area contributed by atoms with Crippen LogP contribution in [0.1, 0.15) is 46.3 Å². The summed E-state index contributed by atoms with van der Waals surface area (Å²) >= 11 is 0.